The van der Waals surface area contributed by atoms with Gasteiger partial charge in [-0.3, -0.25) is 9.59 Å². The summed E-state index contributed by atoms with van der Waals surface area (Å²) in [5.41, 5.74) is 4.14. The van der Waals surface area contributed by atoms with E-state index in [4.69, 9.17) is 0 Å². The maximum absolute atomic E-state index is 12.8. The average molecular weight is 368 g/mol. The van der Waals surface area contributed by atoms with Gasteiger partial charge in [0, 0.05) is 37.1 Å². The summed E-state index contributed by atoms with van der Waals surface area (Å²) < 4.78 is 0. The molecule has 3 heterocycles. The Bertz CT molecular complexity index is 920. The van der Waals surface area contributed by atoms with Crippen LogP contribution in [0.15, 0.2) is 35.8 Å². The lowest BCUT2D eigenvalue weighted by Gasteiger charge is -2.34. The predicted octanol–water partition coefficient (Wildman–Crippen LogP) is 2.79. The first-order valence-electron chi connectivity index (χ1n) is 8.76. The molecule has 0 radical (unpaired) electrons. The highest BCUT2D eigenvalue weighted by atomic mass is 32.1. The summed E-state index contributed by atoms with van der Waals surface area (Å²) in [6.07, 6.45) is 0.753. The van der Waals surface area contributed by atoms with Crippen molar-refractivity contribution >= 4 is 34.1 Å². The number of nitrogens with zero attached hydrogens (tertiary/aromatic N) is 3. The van der Waals surface area contributed by atoms with Gasteiger partial charge in [0.05, 0.1) is 11.2 Å². The Morgan fingerprint density at radius 2 is 1.81 bits per heavy atom. The highest BCUT2D eigenvalue weighted by Gasteiger charge is 2.27. The van der Waals surface area contributed by atoms with Gasteiger partial charge < -0.3 is 14.8 Å². The third-order valence-corrected chi connectivity index (χ3v) is 5.64. The summed E-state index contributed by atoms with van der Waals surface area (Å²) in [6, 6.07) is 9.74. The fourth-order valence-electron chi connectivity index (χ4n) is 3.31. The number of carbonyl (C=O) groups excluding carboxylic acids is 2. The standard InChI is InChI=1S/C19H20N4O2S/c1-2-14-17(26-12-20-14)19(25)23-9-7-22(8-10-23)18(24)16-11-13-5-3-4-6-15(13)21-16/h3-6,11-12,21H,2,7-10H2,1H3. The first-order valence-corrected chi connectivity index (χ1v) is 9.64. The molecule has 0 atom stereocenters. The lowest BCUT2D eigenvalue weighted by atomic mass is 10.2. The molecule has 7 heteroatoms. The summed E-state index contributed by atoms with van der Waals surface area (Å²) in [5.74, 6) is 0.0161. The molecule has 1 N–H and O–H groups in total. The van der Waals surface area contributed by atoms with Crippen molar-refractivity contribution < 1.29 is 9.59 Å². The minimum Gasteiger partial charge on any atom is -0.351 e. The second-order valence-corrected chi connectivity index (χ2v) is 7.19. The number of thiazole rings is 1. The number of aryl methyl sites for hydroxylation is 1. The molecule has 1 aromatic carbocycles. The van der Waals surface area contributed by atoms with Gasteiger partial charge in [0.25, 0.3) is 11.8 Å². The minimum absolute atomic E-state index is 0.0136. The van der Waals surface area contributed by atoms with Crippen LogP contribution in [0.4, 0.5) is 0 Å². The number of fused-ring (bicyclic) bond motifs is 1. The number of aromatic nitrogens is 2. The molecule has 1 aliphatic heterocycles. The lowest BCUT2D eigenvalue weighted by Crippen LogP contribution is -2.50. The fraction of sp³-hybridized carbons (Fsp3) is 0.316. The van der Waals surface area contributed by atoms with Crippen LogP contribution in [0, 0.1) is 0 Å². The Labute approximate surface area is 155 Å². The Kier molecular flexibility index (Phi) is 4.46. The molecule has 3 aromatic rings. The maximum Gasteiger partial charge on any atom is 0.270 e. The van der Waals surface area contributed by atoms with Gasteiger partial charge in [-0.05, 0) is 18.6 Å². The van der Waals surface area contributed by atoms with Gasteiger partial charge >= 0.3 is 0 Å². The molecule has 1 saturated heterocycles. The van der Waals surface area contributed by atoms with Crippen LogP contribution in [0.5, 0.6) is 0 Å². The molecule has 0 spiro atoms. The highest BCUT2D eigenvalue weighted by molar-refractivity contribution is 7.11. The monoisotopic (exact) mass is 368 g/mol. The van der Waals surface area contributed by atoms with Crippen LogP contribution in [-0.4, -0.2) is 57.8 Å². The average Bonchev–Trinajstić information content (AvgIpc) is 3.33. The number of hydrogen-bond acceptors (Lipinski definition) is 4. The Balaban J connectivity index is 1.43. The van der Waals surface area contributed by atoms with Crippen LogP contribution in [-0.2, 0) is 6.42 Å². The van der Waals surface area contributed by atoms with E-state index in [-0.39, 0.29) is 11.8 Å². The van der Waals surface area contributed by atoms with E-state index in [0.29, 0.717) is 31.9 Å². The molecular weight excluding hydrogens is 348 g/mol. The normalized spacial score (nSPS) is 14.8. The smallest absolute Gasteiger partial charge is 0.270 e. The number of aromatic amines is 1. The number of para-hydroxylation sites is 1. The number of rotatable bonds is 3. The van der Waals surface area contributed by atoms with Crippen molar-refractivity contribution in [3.05, 3.63) is 52.1 Å². The van der Waals surface area contributed by atoms with E-state index in [1.54, 1.807) is 5.51 Å². The highest BCUT2D eigenvalue weighted by Crippen LogP contribution is 2.20. The first kappa shape index (κ1) is 16.8. The summed E-state index contributed by atoms with van der Waals surface area (Å²) in [4.78, 5) is 37.2. The number of H-pyrrole nitrogens is 1. The molecule has 1 aliphatic rings. The van der Waals surface area contributed by atoms with Crippen molar-refractivity contribution in [3.63, 3.8) is 0 Å². The summed E-state index contributed by atoms with van der Waals surface area (Å²) >= 11 is 1.39. The van der Waals surface area contributed by atoms with E-state index in [1.807, 2.05) is 47.1 Å². The number of hydrogen-bond donors (Lipinski definition) is 1. The van der Waals surface area contributed by atoms with Crippen LogP contribution < -0.4 is 0 Å². The molecule has 134 valence electrons. The van der Waals surface area contributed by atoms with Crippen molar-refractivity contribution in [3.8, 4) is 0 Å². The second-order valence-electron chi connectivity index (χ2n) is 6.34. The summed E-state index contributed by atoms with van der Waals surface area (Å²) in [5, 5.41) is 1.03. The van der Waals surface area contributed by atoms with Crippen molar-refractivity contribution in [2.75, 3.05) is 26.2 Å². The third kappa shape index (κ3) is 2.99. The summed E-state index contributed by atoms with van der Waals surface area (Å²) in [7, 11) is 0. The topological polar surface area (TPSA) is 69.3 Å². The molecule has 4 rings (SSSR count). The molecule has 0 saturated carbocycles. The number of nitrogens with one attached hydrogen (secondary N) is 1. The first-order chi connectivity index (χ1) is 12.7. The van der Waals surface area contributed by atoms with Crippen LogP contribution in [0.3, 0.4) is 0 Å². The van der Waals surface area contributed by atoms with Crippen LogP contribution in [0.1, 0.15) is 32.8 Å². The molecule has 1 fully saturated rings. The predicted molar refractivity (Wildman–Crippen MR) is 102 cm³/mol. The molecule has 6 nitrogen and oxygen atoms in total. The molecule has 0 unspecified atom stereocenters. The Morgan fingerprint density at radius 3 is 2.50 bits per heavy atom. The largest absolute Gasteiger partial charge is 0.351 e. The van der Waals surface area contributed by atoms with Gasteiger partial charge in [-0.1, -0.05) is 25.1 Å². The summed E-state index contributed by atoms with van der Waals surface area (Å²) in [6.45, 7) is 4.18. The zero-order valence-corrected chi connectivity index (χ0v) is 15.4. The lowest BCUT2D eigenvalue weighted by molar-refractivity contribution is 0.0534. The van der Waals surface area contributed by atoms with Crippen molar-refractivity contribution in [2.24, 2.45) is 0 Å². The third-order valence-electron chi connectivity index (χ3n) is 4.78. The fourth-order valence-corrected chi connectivity index (χ4v) is 4.16. The van der Waals surface area contributed by atoms with Gasteiger partial charge in [-0.25, -0.2) is 4.98 Å². The van der Waals surface area contributed by atoms with Crippen molar-refractivity contribution in [1.29, 1.82) is 0 Å². The van der Waals surface area contributed by atoms with Gasteiger partial charge in [-0.2, -0.15) is 0 Å². The number of benzene rings is 1. The number of carbonyl (C=O) groups is 2. The molecule has 26 heavy (non-hydrogen) atoms. The number of amides is 2. The van der Waals surface area contributed by atoms with E-state index >= 15 is 0 Å². The Hall–Kier alpha value is -2.67. The van der Waals surface area contributed by atoms with E-state index in [0.717, 1.165) is 27.9 Å². The molecule has 2 aromatic heterocycles. The van der Waals surface area contributed by atoms with Crippen LogP contribution >= 0.6 is 11.3 Å². The molecule has 2 amide bonds. The van der Waals surface area contributed by atoms with Crippen LogP contribution in [0.2, 0.25) is 0 Å². The van der Waals surface area contributed by atoms with Gasteiger partial charge in [0.15, 0.2) is 0 Å². The van der Waals surface area contributed by atoms with E-state index < -0.39 is 0 Å². The van der Waals surface area contributed by atoms with Crippen molar-refractivity contribution in [1.82, 2.24) is 19.8 Å². The minimum atomic E-state index is -0.0136. The van der Waals surface area contributed by atoms with Gasteiger partial charge in [0.2, 0.25) is 0 Å². The number of piperazine rings is 1. The van der Waals surface area contributed by atoms with E-state index in [9.17, 15) is 9.59 Å². The SMILES string of the molecule is CCc1ncsc1C(=O)N1CCN(C(=O)c2cc3ccccc3[nH]2)CC1. The zero-order chi connectivity index (χ0) is 18.1. The Morgan fingerprint density at radius 1 is 1.12 bits per heavy atom. The van der Waals surface area contributed by atoms with E-state index in [2.05, 4.69) is 9.97 Å². The van der Waals surface area contributed by atoms with E-state index in [1.165, 1.54) is 11.3 Å². The second kappa shape index (κ2) is 6.92. The zero-order valence-electron chi connectivity index (χ0n) is 14.6. The molecule has 0 bridgehead atoms. The van der Waals surface area contributed by atoms with Crippen LogP contribution in [0.25, 0.3) is 10.9 Å². The van der Waals surface area contributed by atoms with Gasteiger partial charge in [-0.15, -0.1) is 11.3 Å². The van der Waals surface area contributed by atoms with Gasteiger partial charge in [0.1, 0.15) is 10.6 Å². The molecular formula is C19H20N4O2S. The van der Waals surface area contributed by atoms with Crippen molar-refractivity contribution in [2.45, 2.75) is 13.3 Å². The molecule has 0 aliphatic carbocycles. The maximum atomic E-state index is 12.8. The quantitative estimate of drug-likeness (QED) is 0.773.